The summed E-state index contributed by atoms with van der Waals surface area (Å²) in [7, 11) is 1.61. The topological polar surface area (TPSA) is 79.5 Å². The van der Waals surface area contributed by atoms with Crippen molar-refractivity contribution in [3.05, 3.63) is 36.0 Å². The molecule has 2 N–H and O–H groups in total. The van der Waals surface area contributed by atoms with Crippen molar-refractivity contribution in [1.29, 1.82) is 0 Å². The summed E-state index contributed by atoms with van der Waals surface area (Å²) < 4.78 is 0. The average Bonchev–Trinajstić information content (AvgIpc) is 2.68. The van der Waals surface area contributed by atoms with Crippen LogP contribution in [-0.2, 0) is 11.3 Å². The van der Waals surface area contributed by atoms with Crippen LogP contribution in [-0.4, -0.2) is 40.3 Å². The number of pyridine rings is 1. The van der Waals surface area contributed by atoms with E-state index in [4.69, 9.17) is 5.73 Å². The summed E-state index contributed by atoms with van der Waals surface area (Å²) in [5.74, 6) is -0.196. The van der Waals surface area contributed by atoms with Crippen LogP contribution in [0.15, 0.2) is 30.5 Å². The van der Waals surface area contributed by atoms with Gasteiger partial charge in [-0.1, -0.05) is 6.07 Å². The van der Waals surface area contributed by atoms with E-state index in [0.717, 1.165) is 16.5 Å². The number of rotatable bonds is 2. The molecule has 3 rings (SSSR count). The van der Waals surface area contributed by atoms with Gasteiger partial charge in [-0.3, -0.25) is 14.7 Å². The van der Waals surface area contributed by atoms with E-state index in [1.807, 2.05) is 18.2 Å². The Balaban J connectivity index is 2.02. The van der Waals surface area contributed by atoms with Crippen LogP contribution in [0.5, 0.6) is 0 Å². The Morgan fingerprint density at radius 1 is 1.30 bits per heavy atom. The minimum atomic E-state index is -0.282. The number of amides is 3. The maximum absolute atomic E-state index is 11.9. The fourth-order valence-corrected chi connectivity index (χ4v) is 2.38. The van der Waals surface area contributed by atoms with Gasteiger partial charge in [0.2, 0.25) is 0 Å². The number of likely N-dealkylation sites (N-methyl/N-ethyl adjacent to an activating group) is 1. The molecule has 6 heteroatoms. The van der Waals surface area contributed by atoms with Gasteiger partial charge in [0.05, 0.1) is 12.1 Å². The van der Waals surface area contributed by atoms with Crippen molar-refractivity contribution in [2.24, 2.45) is 0 Å². The number of nitrogen functional groups attached to an aromatic ring is 1. The van der Waals surface area contributed by atoms with Gasteiger partial charge in [0.1, 0.15) is 6.54 Å². The van der Waals surface area contributed by atoms with Gasteiger partial charge >= 0.3 is 6.03 Å². The fourth-order valence-electron chi connectivity index (χ4n) is 2.38. The number of hydrogen-bond acceptors (Lipinski definition) is 4. The summed E-state index contributed by atoms with van der Waals surface area (Å²) in [5, 5.41) is 0.831. The Morgan fingerprint density at radius 2 is 2.10 bits per heavy atom. The van der Waals surface area contributed by atoms with Gasteiger partial charge in [-0.25, -0.2) is 4.79 Å². The molecule has 102 valence electrons. The molecule has 3 amide bonds. The summed E-state index contributed by atoms with van der Waals surface area (Å²) in [6.45, 7) is 0.342. The molecule has 1 aromatic carbocycles. The molecule has 1 aliphatic heterocycles. The summed E-state index contributed by atoms with van der Waals surface area (Å²) in [5.41, 5.74) is 8.08. The Morgan fingerprint density at radius 3 is 2.80 bits per heavy atom. The molecule has 2 aromatic rings. The molecule has 0 aliphatic carbocycles. The standard InChI is InChI=1S/C14H14N4O2/c1-17-8-12(19)18(14(17)20)7-9-4-5-11(15)10-3-2-6-16-13(9)10/h2-6H,7-8,15H2,1H3. The molecule has 1 aromatic heterocycles. The molecule has 0 unspecified atom stereocenters. The fraction of sp³-hybridized carbons (Fsp3) is 0.214. The third kappa shape index (κ3) is 1.85. The zero-order chi connectivity index (χ0) is 14.3. The Bertz CT molecular complexity index is 713. The predicted molar refractivity (Wildman–Crippen MR) is 74.7 cm³/mol. The van der Waals surface area contributed by atoms with E-state index in [2.05, 4.69) is 4.98 Å². The summed E-state index contributed by atoms with van der Waals surface area (Å²) in [6, 6.07) is 6.98. The quantitative estimate of drug-likeness (QED) is 0.657. The highest BCUT2D eigenvalue weighted by Crippen LogP contribution is 2.24. The number of imide groups is 1. The van der Waals surface area contributed by atoms with E-state index in [1.54, 1.807) is 19.3 Å². The number of carbonyl (C=O) groups is 2. The molecule has 0 bridgehead atoms. The highest BCUT2D eigenvalue weighted by atomic mass is 16.2. The smallest absolute Gasteiger partial charge is 0.327 e. The molecule has 20 heavy (non-hydrogen) atoms. The third-order valence-corrected chi connectivity index (χ3v) is 3.45. The third-order valence-electron chi connectivity index (χ3n) is 3.45. The second-order valence-electron chi connectivity index (χ2n) is 4.83. The van der Waals surface area contributed by atoms with Crippen molar-refractivity contribution < 1.29 is 9.59 Å². The maximum Gasteiger partial charge on any atom is 0.327 e. The minimum absolute atomic E-state index is 0.124. The Labute approximate surface area is 115 Å². The number of anilines is 1. The molecule has 1 saturated heterocycles. The number of aromatic nitrogens is 1. The first kappa shape index (κ1) is 12.4. The molecule has 0 radical (unpaired) electrons. The van der Waals surface area contributed by atoms with Crippen LogP contribution in [0.3, 0.4) is 0 Å². The second-order valence-corrected chi connectivity index (χ2v) is 4.83. The highest BCUT2D eigenvalue weighted by Gasteiger charge is 2.33. The van der Waals surface area contributed by atoms with Gasteiger partial charge in [-0.15, -0.1) is 0 Å². The molecular formula is C14H14N4O2. The maximum atomic E-state index is 11.9. The van der Waals surface area contributed by atoms with Crippen LogP contribution in [0.25, 0.3) is 10.9 Å². The first-order valence-electron chi connectivity index (χ1n) is 6.25. The molecule has 0 saturated carbocycles. The molecule has 0 spiro atoms. The SMILES string of the molecule is CN1CC(=O)N(Cc2ccc(N)c3cccnc23)C1=O. The van der Waals surface area contributed by atoms with Gasteiger partial charge in [-0.05, 0) is 23.8 Å². The highest BCUT2D eigenvalue weighted by molar-refractivity contribution is 6.02. The van der Waals surface area contributed by atoms with Crippen molar-refractivity contribution in [1.82, 2.24) is 14.8 Å². The predicted octanol–water partition coefficient (Wildman–Crippen LogP) is 1.21. The number of nitrogens with zero attached hydrogens (tertiary/aromatic N) is 3. The van der Waals surface area contributed by atoms with Gasteiger partial charge in [-0.2, -0.15) is 0 Å². The van der Waals surface area contributed by atoms with E-state index in [9.17, 15) is 9.59 Å². The minimum Gasteiger partial charge on any atom is -0.398 e. The normalized spacial score (nSPS) is 15.4. The monoisotopic (exact) mass is 270 g/mol. The number of hydrogen-bond donors (Lipinski definition) is 1. The summed E-state index contributed by atoms with van der Waals surface area (Å²) in [6.07, 6.45) is 1.67. The van der Waals surface area contributed by atoms with E-state index >= 15 is 0 Å². The number of fused-ring (bicyclic) bond motifs is 1. The van der Waals surface area contributed by atoms with Crippen molar-refractivity contribution in [2.45, 2.75) is 6.54 Å². The lowest BCUT2D eigenvalue weighted by atomic mass is 10.1. The second kappa shape index (κ2) is 4.48. The van der Waals surface area contributed by atoms with E-state index in [0.29, 0.717) is 5.69 Å². The van der Waals surface area contributed by atoms with Crippen LogP contribution >= 0.6 is 0 Å². The zero-order valence-corrected chi connectivity index (χ0v) is 11.0. The van der Waals surface area contributed by atoms with Crippen molar-refractivity contribution >= 4 is 28.5 Å². The summed E-state index contributed by atoms with van der Waals surface area (Å²) >= 11 is 0. The first-order valence-corrected chi connectivity index (χ1v) is 6.25. The van der Waals surface area contributed by atoms with Crippen molar-refractivity contribution in [2.75, 3.05) is 19.3 Å². The summed E-state index contributed by atoms with van der Waals surface area (Å²) in [4.78, 5) is 30.7. The van der Waals surface area contributed by atoms with Crippen LogP contribution in [0.4, 0.5) is 10.5 Å². The lowest BCUT2D eigenvalue weighted by Crippen LogP contribution is -2.31. The lowest BCUT2D eigenvalue weighted by Gasteiger charge is -2.15. The van der Waals surface area contributed by atoms with Crippen molar-refractivity contribution in [3.8, 4) is 0 Å². The Hall–Kier alpha value is -2.63. The van der Waals surface area contributed by atoms with Gasteiger partial charge < -0.3 is 10.6 Å². The number of carbonyl (C=O) groups excluding carboxylic acids is 2. The Kier molecular flexibility index (Phi) is 2.78. The largest absolute Gasteiger partial charge is 0.398 e. The molecule has 2 heterocycles. The molecule has 6 nitrogen and oxygen atoms in total. The molecular weight excluding hydrogens is 256 g/mol. The first-order chi connectivity index (χ1) is 9.58. The molecule has 1 fully saturated rings. The number of benzene rings is 1. The van der Waals surface area contributed by atoms with Crippen LogP contribution in [0.2, 0.25) is 0 Å². The molecule has 1 aliphatic rings. The lowest BCUT2D eigenvalue weighted by molar-refractivity contribution is -0.125. The number of nitrogens with two attached hydrogens (primary N) is 1. The number of urea groups is 1. The van der Waals surface area contributed by atoms with Gasteiger partial charge in [0.25, 0.3) is 5.91 Å². The van der Waals surface area contributed by atoms with Crippen molar-refractivity contribution in [3.63, 3.8) is 0 Å². The average molecular weight is 270 g/mol. The van der Waals surface area contributed by atoms with Crippen LogP contribution < -0.4 is 5.73 Å². The van der Waals surface area contributed by atoms with E-state index in [1.165, 1.54) is 9.80 Å². The zero-order valence-electron chi connectivity index (χ0n) is 11.0. The van der Waals surface area contributed by atoms with Crippen LogP contribution in [0.1, 0.15) is 5.56 Å². The van der Waals surface area contributed by atoms with Gasteiger partial charge in [0, 0.05) is 24.3 Å². The van der Waals surface area contributed by atoms with Crippen LogP contribution in [0, 0.1) is 0 Å². The van der Waals surface area contributed by atoms with E-state index in [-0.39, 0.29) is 25.0 Å². The molecule has 0 atom stereocenters. The van der Waals surface area contributed by atoms with E-state index < -0.39 is 0 Å². The van der Waals surface area contributed by atoms with Gasteiger partial charge in [0.15, 0.2) is 0 Å².